The molecule has 0 aliphatic carbocycles. The van der Waals surface area contributed by atoms with Gasteiger partial charge in [-0.25, -0.2) is 9.78 Å². The monoisotopic (exact) mass is 337 g/mol. The zero-order chi connectivity index (χ0) is 16.4. The van der Waals surface area contributed by atoms with Crippen molar-refractivity contribution in [2.24, 2.45) is 0 Å². The summed E-state index contributed by atoms with van der Waals surface area (Å²) in [6.45, 7) is 4.45. The Morgan fingerprint density at radius 2 is 2.09 bits per heavy atom. The molecule has 3 rings (SSSR count). The van der Waals surface area contributed by atoms with Gasteiger partial charge in [-0.1, -0.05) is 0 Å². The topological polar surface area (TPSA) is 94.6 Å². The van der Waals surface area contributed by atoms with Crippen molar-refractivity contribution in [1.82, 2.24) is 20.5 Å². The van der Waals surface area contributed by atoms with E-state index in [1.54, 1.807) is 24.5 Å². The van der Waals surface area contributed by atoms with Gasteiger partial charge in [0, 0.05) is 44.2 Å². The minimum Gasteiger partial charge on any atom is -0.345 e. The van der Waals surface area contributed by atoms with Crippen LogP contribution in [0.3, 0.4) is 0 Å². The Morgan fingerprint density at radius 3 is 2.65 bits per heavy atom. The number of imide groups is 1. The number of piperazine rings is 1. The predicted octanol–water partition coefficient (Wildman–Crippen LogP) is 0.170. The molecule has 2 saturated heterocycles. The third-order valence-electron chi connectivity index (χ3n) is 4.28. The minimum absolute atomic E-state index is 0.0129. The van der Waals surface area contributed by atoms with E-state index in [0.717, 1.165) is 18.2 Å². The molecule has 0 radical (unpaired) electrons. The second-order valence-corrected chi connectivity index (χ2v) is 6.80. The molecule has 4 amide bonds. The number of thiazole rings is 1. The van der Waals surface area contributed by atoms with E-state index in [0.29, 0.717) is 19.5 Å². The Morgan fingerprint density at radius 1 is 1.35 bits per heavy atom. The standard InChI is InChI=1S/C14H19N5O3S/c1-14(11(21)16-12(22)17-14)3-2-10(20)18-5-7-19(8-6-18)13-15-4-9-23-13/h4,9H,2-3,5-8H2,1H3,(H2,16,17,21,22). The van der Waals surface area contributed by atoms with Crippen LogP contribution in [0.4, 0.5) is 9.93 Å². The van der Waals surface area contributed by atoms with Crippen LogP contribution >= 0.6 is 11.3 Å². The van der Waals surface area contributed by atoms with Crippen molar-refractivity contribution < 1.29 is 14.4 Å². The Bertz CT molecular complexity index is 612. The molecule has 8 nitrogen and oxygen atoms in total. The van der Waals surface area contributed by atoms with Crippen LogP contribution in [0.15, 0.2) is 11.6 Å². The number of hydrogen-bond donors (Lipinski definition) is 2. The molecule has 124 valence electrons. The highest BCUT2D eigenvalue weighted by Gasteiger charge is 2.42. The molecule has 1 aromatic heterocycles. The number of carbonyl (C=O) groups is 3. The van der Waals surface area contributed by atoms with Crippen LogP contribution in [0.25, 0.3) is 0 Å². The molecule has 1 atom stereocenters. The molecular weight excluding hydrogens is 318 g/mol. The summed E-state index contributed by atoms with van der Waals surface area (Å²) < 4.78 is 0. The van der Waals surface area contributed by atoms with Gasteiger partial charge in [0.25, 0.3) is 5.91 Å². The van der Waals surface area contributed by atoms with Crippen molar-refractivity contribution in [2.45, 2.75) is 25.3 Å². The molecule has 9 heteroatoms. The van der Waals surface area contributed by atoms with E-state index < -0.39 is 11.6 Å². The summed E-state index contributed by atoms with van der Waals surface area (Å²) in [4.78, 5) is 43.5. The van der Waals surface area contributed by atoms with E-state index >= 15 is 0 Å². The second kappa shape index (κ2) is 6.15. The molecule has 0 aromatic carbocycles. The Labute approximate surface area is 137 Å². The summed E-state index contributed by atoms with van der Waals surface area (Å²) in [5.41, 5.74) is -0.991. The highest BCUT2D eigenvalue weighted by Crippen LogP contribution is 2.21. The fraction of sp³-hybridized carbons (Fsp3) is 0.571. The third kappa shape index (κ3) is 3.29. The van der Waals surface area contributed by atoms with Crippen molar-refractivity contribution in [2.75, 3.05) is 31.1 Å². The van der Waals surface area contributed by atoms with Gasteiger partial charge in [-0.15, -0.1) is 11.3 Å². The molecule has 1 aromatic rings. The van der Waals surface area contributed by atoms with Crippen molar-refractivity contribution in [1.29, 1.82) is 0 Å². The fourth-order valence-electron chi connectivity index (χ4n) is 2.79. The predicted molar refractivity (Wildman–Crippen MR) is 85.2 cm³/mol. The molecule has 1 unspecified atom stereocenters. The number of nitrogens with one attached hydrogen (secondary N) is 2. The van der Waals surface area contributed by atoms with Crippen LogP contribution in [0, 0.1) is 0 Å². The van der Waals surface area contributed by atoms with Gasteiger partial charge in [-0.2, -0.15) is 0 Å². The normalized spacial score (nSPS) is 24.6. The van der Waals surface area contributed by atoms with E-state index in [2.05, 4.69) is 20.5 Å². The first-order valence-electron chi connectivity index (χ1n) is 7.54. The summed E-state index contributed by atoms with van der Waals surface area (Å²) in [6, 6.07) is -0.498. The zero-order valence-corrected chi connectivity index (χ0v) is 13.7. The van der Waals surface area contributed by atoms with E-state index in [4.69, 9.17) is 0 Å². The number of nitrogens with zero attached hydrogens (tertiary/aromatic N) is 3. The number of aromatic nitrogens is 1. The number of anilines is 1. The van der Waals surface area contributed by atoms with Crippen LogP contribution in [-0.4, -0.2) is 59.4 Å². The van der Waals surface area contributed by atoms with Gasteiger partial charge in [0.15, 0.2) is 5.13 Å². The van der Waals surface area contributed by atoms with Gasteiger partial charge in [0.05, 0.1) is 0 Å². The van der Waals surface area contributed by atoms with E-state index in [-0.39, 0.29) is 18.2 Å². The van der Waals surface area contributed by atoms with Crippen molar-refractivity contribution in [3.05, 3.63) is 11.6 Å². The van der Waals surface area contributed by atoms with Crippen molar-refractivity contribution in [3.63, 3.8) is 0 Å². The lowest BCUT2D eigenvalue weighted by molar-refractivity contribution is -0.132. The smallest absolute Gasteiger partial charge is 0.322 e. The molecule has 2 N–H and O–H groups in total. The first-order chi connectivity index (χ1) is 11.0. The van der Waals surface area contributed by atoms with Crippen LogP contribution in [0.1, 0.15) is 19.8 Å². The molecule has 0 bridgehead atoms. The van der Waals surface area contributed by atoms with E-state index in [1.165, 1.54) is 0 Å². The summed E-state index contributed by atoms with van der Waals surface area (Å²) in [6.07, 6.45) is 2.32. The molecule has 2 aliphatic heterocycles. The third-order valence-corrected chi connectivity index (χ3v) is 5.11. The highest BCUT2D eigenvalue weighted by molar-refractivity contribution is 7.13. The largest absolute Gasteiger partial charge is 0.345 e. The van der Waals surface area contributed by atoms with Crippen LogP contribution in [-0.2, 0) is 9.59 Å². The second-order valence-electron chi connectivity index (χ2n) is 5.92. The number of carbonyl (C=O) groups excluding carboxylic acids is 3. The SMILES string of the molecule is CC1(CCC(=O)N2CCN(c3nccs3)CC2)NC(=O)NC1=O. The first-order valence-corrected chi connectivity index (χ1v) is 8.42. The summed E-state index contributed by atoms with van der Waals surface area (Å²) in [5, 5.41) is 7.70. The summed E-state index contributed by atoms with van der Waals surface area (Å²) in [7, 11) is 0. The zero-order valence-electron chi connectivity index (χ0n) is 12.9. The number of hydrogen-bond acceptors (Lipinski definition) is 6. The number of amides is 4. The number of rotatable bonds is 4. The average Bonchev–Trinajstić information content (AvgIpc) is 3.14. The Balaban J connectivity index is 1.48. The lowest BCUT2D eigenvalue weighted by atomic mass is 9.96. The average molecular weight is 337 g/mol. The molecule has 3 heterocycles. The van der Waals surface area contributed by atoms with E-state index in [1.807, 2.05) is 10.3 Å². The molecule has 2 aliphatic rings. The van der Waals surface area contributed by atoms with Crippen LogP contribution in [0.2, 0.25) is 0 Å². The Kier molecular flexibility index (Phi) is 4.20. The quantitative estimate of drug-likeness (QED) is 0.764. The van der Waals surface area contributed by atoms with E-state index in [9.17, 15) is 14.4 Å². The number of urea groups is 1. The minimum atomic E-state index is -0.991. The van der Waals surface area contributed by atoms with Gasteiger partial charge in [-0.05, 0) is 13.3 Å². The summed E-state index contributed by atoms with van der Waals surface area (Å²) >= 11 is 1.59. The maximum atomic E-state index is 12.3. The van der Waals surface area contributed by atoms with Crippen LogP contribution < -0.4 is 15.5 Å². The molecule has 0 saturated carbocycles. The highest BCUT2D eigenvalue weighted by atomic mass is 32.1. The van der Waals surface area contributed by atoms with Crippen molar-refractivity contribution >= 4 is 34.3 Å². The fourth-order valence-corrected chi connectivity index (χ4v) is 3.49. The van der Waals surface area contributed by atoms with Crippen LogP contribution in [0.5, 0.6) is 0 Å². The molecule has 2 fully saturated rings. The summed E-state index contributed by atoms with van der Waals surface area (Å²) in [5.74, 6) is -0.358. The lowest BCUT2D eigenvalue weighted by Crippen LogP contribution is -2.50. The van der Waals surface area contributed by atoms with Gasteiger partial charge in [0.2, 0.25) is 5.91 Å². The van der Waals surface area contributed by atoms with Gasteiger partial charge >= 0.3 is 6.03 Å². The van der Waals surface area contributed by atoms with Gasteiger partial charge in [0.1, 0.15) is 5.54 Å². The molecular formula is C14H19N5O3S. The van der Waals surface area contributed by atoms with Crippen molar-refractivity contribution in [3.8, 4) is 0 Å². The lowest BCUT2D eigenvalue weighted by Gasteiger charge is -2.35. The first kappa shape index (κ1) is 15.7. The van der Waals surface area contributed by atoms with Gasteiger partial charge in [-0.3, -0.25) is 14.9 Å². The molecule has 23 heavy (non-hydrogen) atoms. The maximum Gasteiger partial charge on any atom is 0.322 e. The maximum absolute atomic E-state index is 12.3. The molecule has 0 spiro atoms. The Hall–Kier alpha value is -2.16. The van der Waals surface area contributed by atoms with Gasteiger partial charge < -0.3 is 15.1 Å².